The Balaban J connectivity index is -0.000000212. The molecule has 0 aromatic rings. The number of nitrogens with zero attached hydrogens (tertiary/aromatic N) is 1. The van der Waals surface area contributed by atoms with Crippen LogP contribution in [0.1, 0.15) is 0 Å². The second kappa shape index (κ2) is 26.9. The highest BCUT2D eigenvalue weighted by Gasteiger charge is 2.08. The summed E-state index contributed by atoms with van der Waals surface area (Å²) in [7, 11) is 3.00. The quantitative estimate of drug-likeness (QED) is 0.191. The first-order chi connectivity index (χ1) is 10.1. The van der Waals surface area contributed by atoms with Gasteiger partial charge in [0.2, 0.25) is 0 Å². The predicted octanol–water partition coefficient (Wildman–Crippen LogP) is -2.93. The number of aliphatic carboxylic acids is 2. The van der Waals surface area contributed by atoms with Crippen molar-refractivity contribution < 1.29 is 39.9 Å². The van der Waals surface area contributed by atoms with Crippen LogP contribution in [0.4, 0.5) is 0 Å². The van der Waals surface area contributed by atoms with Crippen molar-refractivity contribution >= 4 is 18.2 Å². The average molecular weight is 314 g/mol. The highest BCUT2D eigenvalue weighted by atomic mass is 16.4. The van der Waals surface area contributed by atoms with Crippen molar-refractivity contribution in [2.24, 2.45) is 0 Å². The highest BCUT2D eigenvalue weighted by Crippen LogP contribution is 1.84. The third-order valence-corrected chi connectivity index (χ3v) is 1.57. The molecule has 0 aromatic heterocycles. The van der Waals surface area contributed by atoms with E-state index in [4.69, 9.17) is 25.5 Å². The lowest BCUT2D eigenvalue weighted by Gasteiger charge is -2.16. The molecule has 0 saturated heterocycles. The minimum absolute atomic E-state index is 0.0288. The molecule has 0 unspecified atom stereocenters. The van der Waals surface area contributed by atoms with Gasteiger partial charge in [0, 0.05) is 34.4 Å². The van der Waals surface area contributed by atoms with Crippen LogP contribution in [0.15, 0.2) is 0 Å². The van der Waals surface area contributed by atoms with Gasteiger partial charge in [0.15, 0.2) is 0 Å². The van der Waals surface area contributed by atoms with E-state index < -0.39 is 11.9 Å². The highest BCUT2D eigenvalue weighted by molar-refractivity contribution is 5.70. The summed E-state index contributed by atoms with van der Waals surface area (Å²) in [6.45, 7) is 0.266. The lowest BCUT2D eigenvalue weighted by Crippen LogP contribution is -2.38. The summed E-state index contributed by atoms with van der Waals surface area (Å²) in [4.78, 5) is 32.1. The Morgan fingerprint density at radius 1 is 1.00 bits per heavy atom. The number of carboxylic acids is 2. The minimum Gasteiger partial charge on any atom is -0.480 e. The molecule has 0 fully saturated rings. The van der Waals surface area contributed by atoms with Crippen molar-refractivity contribution in [3.63, 3.8) is 0 Å². The monoisotopic (exact) mass is 314 g/mol. The van der Waals surface area contributed by atoms with Crippen LogP contribution in [0.5, 0.6) is 0 Å². The summed E-state index contributed by atoms with van der Waals surface area (Å²) < 4.78 is 0. The van der Waals surface area contributed by atoms with Gasteiger partial charge in [-0.3, -0.25) is 14.5 Å². The summed E-state index contributed by atoms with van der Waals surface area (Å²) in [5.41, 5.74) is 0. The van der Waals surface area contributed by atoms with Crippen molar-refractivity contribution in [1.82, 2.24) is 10.2 Å². The van der Waals surface area contributed by atoms with Crippen molar-refractivity contribution in [3.8, 4) is 0 Å². The predicted molar refractivity (Wildman–Crippen MR) is 75.1 cm³/mol. The zero-order chi connectivity index (χ0) is 17.7. The van der Waals surface area contributed by atoms with Crippen LogP contribution in [0.3, 0.4) is 0 Å². The van der Waals surface area contributed by atoms with Crippen molar-refractivity contribution in [3.05, 3.63) is 0 Å². The average Bonchev–Trinajstić information content (AvgIpc) is 2.49. The molecule has 0 radical (unpaired) electrons. The van der Waals surface area contributed by atoms with E-state index in [-0.39, 0.29) is 19.6 Å². The van der Waals surface area contributed by atoms with E-state index in [1.54, 1.807) is 0 Å². The Labute approximate surface area is 123 Å². The number of carboxylic acid groups (broad SMARTS) is 2. The molecule has 0 amide bonds. The molecule has 0 bridgehead atoms. The maximum atomic E-state index is 10.4. The SMILES string of the molecule is CO.CO.CO.O=CCN(CCNCC(=O)O)CC(=O)O. The van der Waals surface area contributed by atoms with E-state index in [0.29, 0.717) is 19.4 Å². The second-order valence-corrected chi connectivity index (χ2v) is 2.87. The van der Waals surface area contributed by atoms with Crippen molar-refractivity contribution in [1.29, 1.82) is 0 Å². The minimum atomic E-state index is -1.02. The van der Waals surface area contributed by atoms with Gasteiger partial charge in [0.05, 0.1) is 19.6 Å². The van der Waals surface area contributed by atoms with Gasteiger partial charge in [0.1, 0.15) is 6.29 Å². The third-order valence-electron chi connectivity index (χ3n) is 1.57. The molecule has 0 aliphatic rings. The number of hydrogen-bond donors (Lipinski definition) is 6. The molecule has 6 N–H and O–H groups in total. The molecule has 0 aliphatic heterocycles. The van der Waals surface area contributed by atoms with Gasteiger partial charge in [-0.15, -0.1) is 0 Å². The van der Waals surface area contributed by atoms with Crippen LogP contribution in [0, 0.1) is 0 Å². The molecular weight excluding hydrogens is 288 g/mol. The fraction of sp³-hybridized carbons (Fsp3) is 0.727. The van der Waals surface area contributed by atoms with E-state index in [1.807, 2.05) is 0 Å². The molecule has 10 heteroatoms. The Bertz CT molecular complexity index is 238. The Hall–Kier alpha value is -1.59. The lowest BCUT2D eigenvalue weighted by atomic mass is 10.4. The summed E-state index contributed by atoms with van der Waals surface area (Å²) in [5.74, 6) is -2.00. The van der Waals surface area contributed by atoms with Gasteiger partial charge >= 0.3 is 11.9 Å². The largest absolute Gasteiger partial charge is 0.480 e. The van der Waals surface area contributed by atoms with Gasteiger partial charge in [-0.1, -0.05) is 0 Å². The topological polar surface area (TPSA) is 168 Å². The molecule has 0 rings (SSSR count). The maximum Gasteiger partial charge on any atom is 0.317 e. The number of hydrogen-bond acceptors (Lipinski definition) is 8. The Morgan fingerprint density at radius 3 is 1.81 bits per heavy atom. The summed E-state index contributed by atoms with van der Waals surface area (Å²) in [6, 6.07) is 0. The van der Waals surface area contributed by atoms with Crippen LogP contribution in [-0.2, 0) is 14.4 Å². The number of aldehydes is 1. The summed E-state index contributed by atoms with van der Waals surface area (Å²) in [5, 5.41) is 40.4. The molecule has 0 spiro atoms. The molecule has 0 heterocycles. The van der Waals surface area contributed by atoms with Gasteiger partial charge in [-0.05, 0) is 0 Å². The van der Waals surface area contributed by atoms with E-state index in [0.717, 1.165) is 21.3 Å². The number of carbonyl (C=O) groups excluding carboxylic acids is 1. The van der Waals surface area contributed by atoms with Crippen LogP contribution >= 0.6 is 0 Å². The number of nitrogens with one attached hydrogen (secondary N) is 1. The molecular formula is C11H26N2O8. The van der Waals surface area contributed by atoms with Crippen molar-refractivity contribution in [2.45, 2.75) is 0 Å². The fourth-order valence-corrected chi connectivity index (χ4v) is 0.964. The van der Waals surface area contributed by atoms with Crippen LogP contribution in [0.25, 0.3) is 0 Å². The Morgan fingerprint density at radius 2 is 1.48 bits per heavy atom. The zero-order valence-electron chi connectivity index (χ0n) is 12.5. The second-order valence-electron chi connectivity index (χ2n) is 2.87. The number of rotatable bonds is 9. The van der Waals surface area contributed by atoms with Crippen LogP contribution < -0.4 is 5.32 Å². The van der Waals surface area contributed by atoms with Crippen LogP contribution in [0.2, 0.25) is 0 Å². The first-order valence-electron chi connectivity index (χ1n) is 5.70. The first kappa shape index (κ1) is 27.7. The van der Waals surface area contributed by atoms with E-state index in [9.17, 15) is 14.4 Å². The zero-order valence-corrected chi connectivity index (χ0v) is 12.5. The van der Waals surface area contributed by atoms with Crippen LogP contribution in [-0.4, -0.2) is 103 Å². The molecule has 0 aliphatic carbocycles. The van der Waals surface area contributed by atoms with Crippen molar-refractivity contribution in [2.75, 3.05) is 54.1 Å². The summed E-state index contributed by atoms with van der Waals surface area (Å²) >= 11 is 0. The first-order valence-corrected chi connectivity index (χ1v) is 5.70. The molecule has 21 heavy (non-hydrogen) atoms. The van der Waals surface area contributed by atoms with E-state index >= 15 is 0 Å². The molecule has 0 aromatic carbocycles. The number of aliphatic hydroxyl groups excluding tert-OH is 3. The molecule has 0 atom stereocenters. The summed E-state index contributed by atoms with van der Waals surface area (Å²) in [6.07, 6.45) is 0.611. The van der Waals surface area contributed by atoms with Gasteiger partial charge in [-0.2, -0.15) is 0 Å². The molecule has 10 nitrogen and oxygen atoms in total. The van der Waals surface area contributed by atoms with Gasteiger partial charge in [0.25, 0.3) is 0 Å². The molecule has 0 saturated carbocycles. The fourth-order valence-electron chi connectivity index (χ4n) is 0.964. The lowest BCUT2D eigenvalue weighted by molar-refractivity contribution is -0.139. The number of aliphatic hydroxyl groups is 3. The normalized spacial score (nSPS) is 8.14. The van der Waals surface area contributed by atoms with Gasteiger partial charge < -0.3 is 35.6 Å². The van der Waals surface area contributed by atoms with E-state index in [2.05, 4.69) is 5.32 Å². The Kier molecular flexibility index (Phi) is 35.5. The smallest absolute Gasteiger partial charge is 0.317 e. The molecule has 128 valence electrons. The van der Waals surface area contributed by atoms with E-state index in [1.165, 1.54) is 4.90 Å². The number of carbonyl (C=O) groups is 3. The standard InChI is InChI=1S/C8H14N2O5.3CH4O/c11-4-3-10(6-8(14)15)2-1-9-5-7(12)13;3*1-2/h4,9H,1-3,5-6H2,(H,12,13)(H,14,15);3*2H,1H3. The maximum absolute atomic E-state index is 10.4. The third kappa shape index (κ3) is 32.2. The van der Waals surface area contributed by atoms with Gasteiger partial charge in [-0.25, -0.2) is 0 Å².